The fraction of sp³-hybridized carbons (Fsp3) is 0.435. The minimum atomic E-state index is -3.31. The van der Waals surface area contributed by atoms with Crippen molar-refractivity contribution in [2.45, 2.75) is 50.9 Å². The van der Waals surface area contributed by atoms with Crippen molar-refractivity contribution in [1.29, 1.82) is 0 Å². The molecule has 8 nitrogen and oxygen atoms in total. The number of hydrogen-bond donors (Lipinski definition) is 2. The van der Waals surface area contributed by atoms with E-state index in [-0.39, 0.29) is 6.54 Å². The summed E-state index contributed by atoms with van der Waals surface area (Å²) in [6, 6.07) is -0.304. The number of amides is 2. The van der Waals surface area contributed by atoms with Gasteiger partial charge in [0.15, 0.2) is 11.4 Å². The van der Waals surface area contributed by atoms with Crippen LogP contribution in [0.3, 0.4) is 0 Å². The number of nitrogens with one attached hydrogen (secondary N) is 1. The average molecular weight is 497 g/mol. The van der Waals surface area contributed by atoms with E-state index in [9.17, 15) is 37.1 Å². The Labute approximate surface area is 197 Å². The number of methoxy groups -OCH3 is 1. The molecule has 0 spiro atoms. The lowest BCUT2D eigenvalue weighted by molar-refractivity contribution is -0.0849. The molecule has 12 heteroatoms. The molecule has 0 unspecified atom stereocenters. The van der Waals surface area contributed by atoms with Crippen LogP contribution in [-0.4, -0.2) is 58.1 Å². The lowest BCUT2D eigenvalue weighted by Crippen LogP contribution is -2.52. The van der Waals surface area contributed by atoms with Crippen molar-refractivity contribution in [3.8, 4) is 5.75 Å². The second-order valence-corrected chi connectivity index (χ2v) is 8.81. The molecule has 0 saturated carbocycles. The number of benzene rings is 1. The van der Waals surface area contributed by atoms with Crippen LogP contribution in [0.1, 0.15) is 51.4 Å². The van der Waals surface area contributed by atoms with Crippen molar-refractivity contribution in [3.63, 3.8) is 0 Å². The fourth-order valence-electron chi connectivity index (χ4n) is 4.60. The first kappa shape index (κ1) is 24.7. The van der Waals surface area contributed by atoms with Gasteiger partial charge in [-0.25, -0.2) is 17.6 Å². The predicted octanol–water partition coefficient (Wildman–Crippen LogP) is 2.51. The van der Waals surface area contributed by atoms with Gasteiger partial charge < -0.3 is 24.6 Å². The van der Waals surface area contributed by atoms with Gasteiger partial charge in [-0.3, -0.25) is 14.4 Å². The zero-order chi connectivity index (χ0) is 25.8. The molecule has 3 heterocycles. The zero-order valence-electron chi connectivity index (χ0n) is 19.1. The van der Waals surface area contributed by atoms with Crippen LogP contribution in [0, 0.1) is 18.6 Å². The maximum absolute atomic E-state index is 14.7. The Kier molecular flexibility index (Phi) is 6.12. The van der Waals surface area contributed by atoms with Crippen molar-refractivity contribution in [2.24, 2.45) is 0 Å². The summed E-state index contributed by atoms with van der Waals surface area (Å²) >= 11 is 0. The standard InChI is InChI=1S/C23H23F4N3O5/c1-10-4-14(24)12(15(25)5-10)7-28-21(33)13-8-30-16-9-29(22(34)18(30)20(32)19(13)31)11(2)23(26,27)6-17(16)35-3/h4-5,8,11,16-17,32H,6-7,9H2,1-3H3,(H,28,33)/t11-,16+,17+/m0/s1. The van der Waals surface area contributed by atoms with Gasteiger partial charge in [0.2, 0.25) is 5.43 Å². The minimum Gasteiger partial charge on any atom is -0.503 e. The topological polar surface area (TPSA) is 101 Å². The number of aromatic nitrogens is 1. The Bertz CT molecular complexity index is 1260. The van der Waals surface area contributed by atoms with Crippen molar-refractivity contribution in [2.75, 3.05) is 13.7 Å². The molecular weight excluding hydrogens is 474 g/mol. The second-order valence-electron chi connectivity index (χ2n) is 8.81. The van der Waals surface area contributed by atoms with E-state index in [0.717, 1.165) is 27.8 Å². The van der Waals surface area contributed by atoms with Gasteiger partial charge in [0.1, 0.15) is 17.2 Å². The maximum Gasteiger partial charge on any atom is 0.275 e. The molecule has 4 rings (SSSR count). The molecule has 1 aromatic heterocycles. The van der Waals surface area contributed by atoms with E-state index in [1.54, 1.807) is 0 Å². The van der Waals surface area contributed by atoms with Gasteiger partial charge in [-0.2, -0.15) is 0 Å². The zero-order valence-corrected chi connectivity index (χ0v) is 19.1. The van der Waals surface area contributed by atoms with Crippen molar-refractivity contribution >= 4 is 11.8 Å². The predicted molar refractivity (Wildman–Crippen MR) is 115 cm³/mol. The molecule has 1 aromatic carbocycles. The number of alkyl halides is 2. The summed E-state index contributed by atoms with van der Waals surface area (Å²) in [7, 11) is 1.22. The summed E-state index contributed by atoms with van der Waals surface area (Å²) in [5.41, 5.74) is -2.48. The van der Waals surface area contributed by atoms with Crippen molar-refractivity contribution in [1.82, 2.24) is 14.8 Å². The van der Waals surface area contributed by atoms with E-state index in [1.807, 2.05) is 0 Å². The molecule has 1 saturated heterocycles. The Balaban J connectivity index is 1.74. The molecule has 2 aromatic rings. The van der Waals surface area contributed by atoms with Crippen LogP contribution in [0.2, 0.25) is 0 Å². The molecule has 0 radical (unpaired) electrons. The number of aromatic hydroxyl groups is 1. The first-order chi connectivity index (χ1) is 16.4. The number of hydrogen-bond acceptors (Lipinski definition) is 5. The second kappa shape index (κ2) is 8.67. The summed E-state index contributed by atoms with van der Waals surface area (Å²) in [5, 5.41) is 12.8. The van der Waals surface area contributed by atoms with Gasteiger partial charge in [-0.05, 0) is 31.5 Å². The first-order valence-corrected chi connectivity index (χ1v) is 10.8. The normalized spacial score (nSPS) is 23.0. The highest BCUT2D eigenvalue weighted by atomic mass is 19.3. The van der Waals surface area contributed by atoms with Crippen LogP contribution in [-0.2, 0) is 11.3 Å². The van der Waals surface area contributed by atoms with Gasteiger partial charge in [0.05, 0.1) is 18.2 Å². The highest BCUT2D eigenvalue weighted by Gasteiger charge is 2.53. The molecular formula is C23H23F4N3O5. The highest BCUT2D eigenvalue weighted by molar-refractivity contribution is 5.99. The third-order valence-electron chi connectivity index (χ3n) is 6.65. The molecule has 2 N–H and O–H groups in total. The SMILES string of the molecule is CO[C@@H]1CC(F)(F)[C@H](C)N2C[C@H]1n1cc(C(=O)NCc3c(F)cc(C)cc3F)c(=O)c(O)c1C2=O. The Morgan fingerprint density at radius 3 is 2.49 bits per heavy atom. The number of rotatable bonds is 4. The number of carbonyl (C=O) groups excluding carboxylic acids is 2. The summed E-state index contributed by atoms with van der Waals surface area (Å²) < 4.78 is 64.1. The molecule has 2 bridgehead atoms. The van der Waals surface area contributed by atoms with E-state index in [1.165, 1.54) is 21.0 Å². The maximum atomic E-state index is 14.7. The van der Waals surface area contributed by atoms with Crippen LogP contribution in [0.15, 0.2) is 23.1 Å². The minimum absolute atomic E-state index is 0.204. The summed E-state index contributed by atoms with van der Waals surface area (Å²) in [6.45, 7) is 1.86. The van der Waals surface area contributed by atoms with Crippen LogP contribution >= 0.6 is 0 Å². The van der Waals surface area contributed by atoms with Gasteiger partial charge in [-0.1, -0.05) is 0 Å². The van der Waals surface area contributed by atoms with E-state index in [0.29, 0.717) is 5.56 Å². The quantitative estimate of drug-likeness (QED) is 0.633. The summed E-state index contributed by atoms with van der Waals surface area (Å²) in [4.78, 5) is 39.4. The van der Waals surface area contributed by atoms with E-state index in [4.69, 9.17) is 4.74 Å². The highest BCUT2D eigenvalue weighted by Crippen LogP contribution is 2.41. The van der Waals surface area contributed by atoms with E-state index >= 15 is 0 Å². The first-order valence-electron chi connectivity index (χ1n) is 10.8. The van der Waals surface area contributed by atoms with E-state index < -0.39 is 88.5 Å². The molecule has 2 aliphatic heterocycles. The van der Waals surface area contributed by atoms with Crippen LogP contribution in [0.25, 0.3) is 0 Å². The number of ether oxygens (including phenoxy) is 1. The Morgan fingerprint density at radius 1 is 1.26 bits per heavy atom. The molecule has 1 fully saturated rings. The number of pyridine rings is 1. The van der Waals surface area contributed by atoms with Gasteiger partial charge in [0.25, 0.3) is 17.7 Å². The smallest absolute Gasteiger partial charge is 0.275 e. The third kappa shape index (κ3) is 4.05. The summed E-state index contributed by atoms with van der Waals surface area (Å²) in [5.74, 6) is -8.25. The lowest BCUT2D eigenvalue weighted by Gasteiger charge is -2.38. The molecule has 3 atom stereocenters. The molecule has 188 valence electrons. The van der Waals surface area contributed by atoms with Crippen LogP contribution in [0.4, 0.5) is 17.6 Å². The Hall–Kier alpha value is -3.41. The van der Waals surface area contributed by atoms with Crippen LogP contribution in [0.5, 0.6) is 5.75 Å². The third-order valence-corrected chi connectivity index (χ3v) is 6.65. The molecule has 0 aliphatic carbocycles. The monoisotopic (exact) mass is 497 g/mol. The lowest BCUT2D eigenvalue weighted by atomic mass is 10.0. The van der Waals surface area contributed by atoms with Gasteiger partial charge in [-0.15, -0.1) is 0 Å². The average Bonchev–Trinajstić information content (AvgIpc) is 2.86. The van der Waals surface area contributed by atoms with Gasteiger partial charge in [0, 0.05) is 38.4 Å². The van der Waals surface area contributed by atoms with E-state index in [2.05, 4.69) is 5.32 Å². The largest absolute Gasteiger partial charge is 0.503 e. The Morgan fingerprint density at radius 2 is 1.89 bits per heavy atom. The number of halogens is 4. The number of carbonyl (C=O) groups is 2. The molecule has 2 amide bonds. The van der Waals surface area contributed by atoms with Gasteiger partial charge >= 0.3 is 0 Å². The number of fused-ring (bicyclic) bond motifs is 4. The van der Waals surface area contributed by atoms with Crippen molar-refractivity contribution in [3.05, 3.63) is 62.6 Å². The molecule has 2 aliphatic rings. The molecule has 35 heavy (non-hydrogen) atoms. The van der Waals surface area contributed by atoms with Crippen molar-refractivity contribution < 1.29 is 37.0 Å². The number of aryl methyl sites for hydroxylation is 1. The summed E-state index contributed by atoms with van der Waals surface area (Å²) in [6.07, 6.45) is -0.869. The number of nitrogens with zero attached hydrogens (tertiary/aromatic N) is 2. The fourth-order valence-corrected chi connectivity index (χ4v) is 4.60. The van der Waals surface area contributed by atoms with Crippen LogP contribution < -0.4 is 10.7 Å².